The van der Waals surface area contributed by atoms with Gasteiger partial charge in [-0.05, 0) is 13.8 Å². The molecule has 0 aliphatic carbocycles. The fourth-order valence-electron chi connectivity index (χ4n) is 0.787. The third-order valence-corrected chi connectivity index (χ3v) is 2.94. The predicted octanol–water partition coefficient (Wildman–Crippen LogP) is -0.0275. The molecule has 0 aromatic heterocycles. The molecular weight excluding hydrogens is 297 g/mol. The molecule has 1 amide bonds. The highest BCUT2D eigenvalue weighted by Gasteiger charge is 2.59. The molecule has 3 N–H and O–H groups in total. The van der Waals surface area contributed by atoms with Gasteiger partial charge in [0.15, 0.2) is 0 Å². The van der Waals surface area contributed by atoms with Crippen LogP contribution in [0, 0.1) is 0 Å². The summed E-state index contributed by atoms with van der Waals surface area (Å²) in [5.41, 5.74) is -3.79. The average Bonchev–Trinajstić information content (AvgIpc) is 2.13. The first-order valence-electron chi connectivity index (χ1n) is 4.64. The first-order valence-corrected chi connectivity index (χ1v) is 6.12. The van der Waals surface area contributed by atoms with Crippen LogP contribution in [-0.4, -0.2) is 43.9 Å². The Bertz CT molecular complexity index is 462. The number of carbonyl (C=O) groups is 2. The summed E-state index contributed by atoms with van der Waals surface area (Å²) in [6.45, 7) is 1.20. The summed E-state index contributed by atoms with van der Waals surface area (Å²) in [5, 5.41) is 8.48. The largest absolute Gasteiger partial charge is 0.480 e. The Morgan fingerprint density at radius 2 is 1.79 bits per heavy atom. The molecular formula is C7H11F3N2O6S. The lowest BCUT2D eigenvalue weighted by Crippen LogP contribution is -2.64. The maximum Gasteiger partial charge on any atom is 0.421 e. The van der Waals surface area contributed by atoms with E-state index < -0.39 is 34.0 Å². The number of carboxylic acid groups (broad SMARTS) is 1. The van der Waals surface area contributed by atoms with Gasteiger partial charge in [0.05, 0.1) is 6.61 Å². The summed E-state index contributed by atoms with van der Waals surface area (Å²) in [6.07, 6.45) is -6.95. The molecule has 0 radical (unpaired) electrons. The van der Waals surface area contributed by atoms with Gasteiger partial charge < -0.3 is 9.84 Å². The van der Waals surface area contributed by atoms with Gasteiger partial charge >= 0.3 is 28.4 Å². The van der Waals surface area contributed by atoms with Crippen LogP contribution in [0.1, 0.15) is 13.8 Å². The number of alkyl halides is 3. The maximum absolute atomic E-state index is 12.5. The van der Waals surface area contributed by atoms with Crippen LogP contribution in [0.25, 0.3) is 0 Å². The number of rotatable bonds is 5. The molecule has 1 atom stereocenters. The molecule has 112 valence electrons. The maximum atomic E-state index is 12.5. The fraction of sp³-hybridized carbons (Fsp3) is 0.714. The van der Waals surface area contributed by atoms with E-state index in [1.165, 1.54) is 6.92 Å². The summed E-state index contributed by atoms with van der Waals surface area (Å²) in [7, 11) is -5.06. The van der Waals surface area contributed by atoms with Gasteiger partial charge in [-0.25, -0.2) is 14.3 Å². The van der Waals surface area contributed by atoms with Crippen molar-refractivity contribution >= 4 is 22.3 Å². The summed E-state index contributed by atoms with van der Waals surface area (Å²) < 4.78 is 66.0. The summed E-state index contributed by atoms with van der Waals surface area (Å²) in [4.78, 5) is 21.3. The first kappa shape index (κ1) is 17.4. The van der Waals surface area contributed by atoms with Crippen LogP contribution in [0.2, 0.25) is 0 Å². The van der Waals surface area contributed by atoms with Gasteiger partial charge in [0, 0.05) is 0 Å². The lowest BCUT2D eigenvalue weighted by Gasteiger charge is -2.27. The molecule has 0 fully saturated rings. The number of hydrogen-bond acceptors (Lipinski definition) is 5. The van der Waals surface area contributed by atoms with E-state index in [2.05, 4.69) is 4.74 Å². The molecule has 1 unspecified atom stereocenters. The zero-order chi connectivity index (χ0) is 15.5. The van der Waals surface area contributed by atoms with E-state index in [-0.39, 0.29) is 13.5 Å². The van der Waals surface area contributed by atoms with Crippen LogP contribution in [0.4, 0.5) is 18.0 Å². The second-order valence-electron chi connectivity index (χ2n) is 3.36. The number of halogens is 3. The summed E-state index contributed by atoms with van der Waals surface area (Å²) >= 11 is 0. The number of nitrogens with one attached hydrogen (secondary N) is 2. The van der Waals surface area contributed by atoms with Crippen molar-refractivity contribution in [3.8, 4) is 0 Å². The molecule has 0 spiro atoms. The highest BCUT2D eigenvalue weighted by atomic mass is 32.2. The zero-order valence-electron chi connectivity index (χ0n) is 9.74. The normalized spacial score (nSPS) is 15.4. The highest BCUT2D eigenvalue weighted by molar-refractivity contribution is 7.88. The van der Waals surface area contributed by atoms with E-state index in [1.807, 2.05) is 0 Å². The molecule has 0 rings (SSSR count). The SMILES string of the molecule is CCOC(=O)NS(=O)(=O)NC(C)(C(=O)O)C(F)(F)F. The minimum absolute atomic E-state index is 0.0969. The third-order valence-electron chi connectivity index (χ3n) is 1.83. The van der Waals surface area contributed by atoms with Gasteiger partial charge in [0.2, 0.25) is 5.54 Å². The van der Waals surface area contributed by atoms with Crippen molar-refractivity contribution in [3.63, 3.8) is 0 Å². The molecule has 0 aliphatic rings. The molecule has 0 aromatic carbocycles. The van der Waals surface area contributed by atoms with E-state index in [0.717, 1.165) is 9.44 Å². The molecule has 8 nitrogen and oxygen atoms in total. The van der Waals surface area contributed by atoms with Crippen LogP contribution in [0.3, 0.4) is 0 Å². The molecule has 19 heavy (non-hydrogen) atoms. The number of amides is 1. The summed E-state index contributed by atoms with van der Waals surface area (Å²) in [6, 6.07) is 0. The minimum Gasteiger partial charge on any atom is -0.480 e. The Balaban J connectivity index is 5.18. The van der Waals surface area contributed by atoms with Gasteiger partial charge in [0.1, 0.15) is 0 Å². The van der Waals surface area contributed by atoms with Crippen molar-refractivity contribution < 1.29 is 41.0 Å². The molecule has 0 saturated heterocycles. The zero-order valence-corrected chi connectivity index (χ0v) is 10.6. The van der Waals surface area contributed by atoms with Crippen LogP contribution in [0.15, 0.2) is 0 Å². The number of hydrogen-bond donors (Lipinski definition) is 3. The Hall–Kier alpha value is -1.56. The Labute approximate surface area is 106 Å². The van der Waals surface area contributed by atoms with Crippen LogP contribution >= 0.6 is 0 Å². The van der Waals surface area contributed by atoms with Crippen molar-refractivity contribution in [2.45, 2.75) is 25.6 Å². The third kappa shape index (κ3) is 4.55. The first-order chi connectivity index (χ1) is 8.35. The van der Waals surface area contributed by atoms with Gasteiger partial charge in [-0.1, -0.05) is 0 Å². The second-order valence-corrected chi connectivity index (χ2v) is 4.77. The van der Waals surface area contributed by atoms with E-state index in [0.29, 0.717) is 0 Å². The number of aliphatic carboxylic acids is 1. The smallest absolute Gasteiger partial charge is 0.421 e. The summed E-state index contributed by atoms with van der Waals surface area (Å²) in [5.74, 6) is -2.48. The van der Waals surface area contributed by atoms with Gasteiger partial charge in [-0.15, -0.1) is 0 Å². The number of carbonyl (C=O) groups excluding carboxylic acids is 1. The number of ether oxygens (including phenoxy) is 1. The molecule has 12 heteroatoms. The van der Waals surface area contributed by atoms with Crippen molar-refractivity contribution in [1.82, 2.24) is 9.44 Å². The van der Waals surface area contributed by atoms with E-state index in [1.54, 1.807) is 0 Å². The molecule has 0 heterocycles. The predicted molar refractivity (Wildman–Crippen MR) is 54.3 cm³/mol. The van der Waals surface area contributed by atoms with Crippen molar-refractivity contribution in [2.75, 3.05) is 6.61 Å². The Morgan fingerprint density at radius 3 is 2.11 bits per heavy atom. The minimum atomic E-state index is -5.41. The second kappa shape index (κ2) is 5.61. The Kier molecular flexibility index (Phi) is 5.15. The lowest BCUT2D eigenvalue weighted by atomic mass is 10.0. The number of carboxylic acids is 1. The highest BCUT2D eigenvalue weighted by Crippen LogP contribution is 2.30. The van der Waals surface area contributed by atoms with E-state index in [9.17, 15) is 31.2 Å². The van der Waals surface area contributed by atoms with Crippen LogP contribution in [0.5, 0.6) is 0 Å². The quantitative estimate of drug-likeness (QED) is 0.656. The van der Waals surface area contributed by atoms with Crippen molar-refractivity contribution in [3.05, 3.63) is 0 Å². The van der Waals surface area contributed by atoms with Gasteiger partial charge in [0.25, 0.3) is 0 Å². The lowest BCUT2D eigenvalue weighted by molar-refractivity contribution is -0.201. The molecule has 0 aliphatic heterocycles. The molecule has 0 bridgehead atoms. The standard InChI is InChI=1S/C7H11F3N2O6S/c1-3-18-5(15)11-19(16,17)12-6(2,4(13)14)7(8,9)10/h12H,3H2,1-2H3,(H,11,15)(H,13,14). The molecule has 0 aromatic rings. The Morgan fingerprint density at radius 1 is 1.32 bits per heavy atom. The van der Waals surface area contributed by atoms with E-state index >= 15 is 0 Å². The topological polar surface area (TPSA) is 122 Å². The fourth-order valence-corrected chi connectivity index (χ4v) is 1.86. The van der Waals surface area contributed by atoms with Crippen molar-refractivity contribution in [1.29, 1.82) is 0 Å². The van der Waals surface area contributed by atoms with Crippen molar-refractivity contribution in [2.24, 2.45) is 0 Å². The molecule has 0 saturated carbocycles. The van der Waals surface area contributed by atoms with Crippen LogP contribution in [-0.2, 0) is 19.7 Å². The monoisotopic (exact) mass is 308 g/mol. The average molecular weight is 308 g/mol. The van der Waals surface area contributed by atoms with Gasteiger partial charge in [-0.2, -0.15) is 26.3 Å². The van der Waals surface area contributed by atoms with Gasteiger partial charge in [-0.3, -0.25) is 0 Å². The van der Waals surface area contributed by atoms with E-state index in [4.69, 9.17) is 5.11 Å². The van der Waals surface area contributed by atoms with Crippen LogP contribution < -0.4 is 9.44 Å².